The Morgan fingerprint density at radius 1 is 0.800 bits per heavy atom. The van der Waals surface area contributed by atoms with Crippen molar-refractivity contribution >= 4 is 44.3 Å². The summed E-state index contributed by atoms with van der Waals surface area (Å²) in [7, 11) is 0. The Kier molecular flexibility index (Phi) is 3.28. The summed E-state index contributed by atoms with van der Waals surface area (Å²) in [5.74, 6) is 0. The third-order valence-electron chi connectivity index (χ3n) is 4.80. The van der Waals surface area contributed by atoms with Crippen molar-refractivity contribution in [3.63, 3.8) is 0 Å². The Bertz CT molecular complexity index is 1240. The first-order chi connectivity index (χ1) is 12.4. The van der Waals surface area contributed by atoms with E-state index in [2.05, 4.69) is 70.8 Å². The summed E-state index contributed by atoms with van der Waals surface area (Å²) in [6.45, 7) is 0. The lowest BCUT2D eigenvalue weighted by Gasteiger charge is -2.12. The quantitative estimate of drug-likeness (QED) is 0.384. The van der Waals surface area contributed by atoms with Crippen LogP contribution in [0.25, 0.3) is 43.7 Å². The smallest absolute Gasteiger partial charge is 0.0496 e. The van der Waals surface area contributed by atoms with E-state index >= 15 is 0 Å². The number of H-pyrrole nitrogens is 1. The first-order valence-corrected chi connectivity index (χ1v) is 9.50. The van der Waals surface area contributed by atoms with Crippen LogP contribution in [0.2, 0.25) is 0 Å². The molecule has 2 aromatic heterocycles. The number of nitrogens with one attached hydrogen (secondary N) is 1. The molecule has 0 aliphatic rings. The van der Waals surface area contributed by atoms with Crippen molar-refractivity contribution in [2.75, 3.05) is 6.26 Å². The fourth-order valence-corrected chi connectivity index (χ4v) is 4.31. The van der Waals surface area contributed by atoms with Crippen LogP contribution in [-0.2, 0) is 0 Å². The average Bonchev–Trinajstić information content (AvgIpc) is 3.06. The molecule has 0 aliphatic heterocycles. The molecule has 2 nitrogen and oxygen atoms in total. The SMILES string of the molecule is CSc1ccccc1-c1cc2[nH]c3ccncc3c2c2ccccc12. The normalized spacial score (nSPS) is 11.6. The number of pyridine rings is 1. The fraction of sp³-hybridized carbons (Fsp3) is 0.0455. The molecule has 0 fully saturated rings. The molecule has 0 bridgehead atoms. The summed E-state index contributed by atoms with van der Waals surface area (Å²) >= 11 is 1.79. The van der Waals surface area contributed by atoms with E-state index in [0.29, 0.717) is 0 Å². The Hall–Kier alpha value is -2.78. The van der Waals surface area contributed by atoms with E-state index in [1.165, 1.54) is 37.6 Å². The van der Waals surface area contributed by atoms with Gasteiger partial charge >= 0.3 is 0 Å². The summed E-state index contributed by atoms with van der Waals surface area (Å²) in [4.78, 5) is 9.19. The maximum Gasteiger partial charge on any atom is 0.0496 e. The Balaban J connectivity index is 1.98. The molecule has 1 N–H and O–H groups in total. The van der Waals surface area contributed by atoms with E-state index < -0.39 is 0 Å². The highest BCUT2D eigenvalue weighted by atomic mass is 32.2. The van der Waals surface area contributed by atoms with Gasteiger partial charge in [0.15, 0.2) is 0 Å². The van der Waals surface area contributed by atoms with E-state index in [9.17, 15) is 0 Å². The third-order valence-corrected chi connectivity index (χ3v) is 5.60. The van der Waals surface area contributed by atoms with Crippen molar-refractivity contribution in [1.29, 1.82) is 0 Å². The summed E-state index contributed by atoms with van der Waals surface area (Å²) < 4.78 is 0. The molecule has 5 rings (SSSR count). The second-order valence-electron chi connectivity index (χ2n) is 6.14. The molecule has 0 unspecified atom stereocenters. The molecular weight excluding hydrogens is 324 g/mol. The van der Waals surface area contributed by atoms with Gasteiger partial charge in [-0.05, 0) is 46.4 Å². The predicted molar refractivity (Wildman–Crippen MR) is 108 cm³/mol. The van der Waals surface area contributed by atoms with Crippen molar-refractivity contribution in [2.45, 2.75) is 4.90 Å². The molecule has 2 heterocycles. The third kappa shape index (κ3) is 2.16. The van der Waals surface area contributed by atoms with Gasteiger partial charge < -0.3 is 4.98 Å². The summed E-state index contributed by atoms with van der Waals surface area (Å²) in [6, 6.07) is 21.6. The first-order valence-electron chi connectivity index (χ1n) is 8.27. The monoisotopic (exact) mass is 340 g/mol. The standard InChI is InChI=1S/C22H16N2S/c1-25-21-9-5-4-7-15(21)17-12-20-22(16-8-3-2-6-14(16)17)18-13-23-11-10-19(18)24-20/h2-13,24H,1H3. The minimum Gasteiger partial charge on any atom is -0.354 e. The zero-order valence-electron chi connectivity index (χ0n) is 13.8. The number of aromatic amines is 1. The summed E-state index contributed by atoms with van der Waals surface area (Å²) in [5, 5.41) is 4.98. The molecule has 25 heavy (non-hydrogen) atoms. The van der Waals surface area contributed by atoms with Crippen LogP contribution in [-0.4, -0.2) is 16.2 Å². The van der Waals surface area contributed by atoms with Gasteiger partial charge in [-0.15, -0.1) is 11.8 Å². The Morgan fingerprint density at radius 3 is 2.48 bits per heavy atom. The second kappa shape index (κ2) is 5.64. The molecule has 0 aliphatic carbocycles. The number of rotatable bonds is 2. The van der Waals surface area contributed by atoms with E-state index in [1.54, 1.807) is 11.8 Å². The number of benzene rings is 3. The molecule has 0 saturated carbocycles. The molecular formula is C22H16N2S. The molecule has 0 saturated heterocycles. The largest absolute Gasteiger partial charge is 0.354 e. The number of hydrogen-bond donors (Lipinski definition) is 1. The maximum atomic E-state index is 4.33. The van der Waals surface area contributed by atoms with Gasteiger partial charge in [0.2, 0.25) is 0 Å². The van der Waals surface area contributed by atoms with Crippen molar-refractivity contribution in [3.8, 4) is 11.1 Å². The number of nitrogens with zero attached hydrogens (tertiary/aromatic N) is 1. The lowest BCUT2D eigenvalue weighted by molar-refractivity contribution is 1.36. The molecule has 0 spiro atoms. The van der Waals surface area contributed by atoms with Crippen LogP contribution in [0.15, 0.2) is 78.0 Å². The lowest BCUT2D eigenvalue weighted by Crippen LogP contribution is -1.86. The van der Waals surface area contributed by atoms with Crippen LogP contribution in [0.1, 0.15) is 0 Å². The lowest BCUT2D eigenvalue weighted by atomic mass is 9.95. The Morgan fingerprint density at radius 2 is 1.60 bits per heavy atom. The molecule has 0 amide bonds. The molecule has 0 atom stereocenters. The van der Waals surface area contributed by atoms with Crippen molar-refractivity contribution in [2.24, 2.45) is 0 Å². The molecule has 5 aromatic rings. The van der Waals surface area contributed by atoms with Gasteiger partial charge in [-0.25, -0.2) is 0 Å². The molecule has 0 radical (unpaired) electrons. The van der Waals surface area contributed by atoms with Gasteiger partial charge in [0.05, 0.1) is 0 Å². The fourth-order valence-electron chi connectivity index (χ4n) is 3.70. The zero-order chi connectivity index (χ0) is 16.8. The molecule has 120 valence electrons. The van der Waals surface area contributed by atoms with Crippen LogP contribution >= 0.6 is 11.8 Å². The van der Waals surface area contributed by atoms with Gasteiger partial charge in [-0.2, -0.15) is 0 Å². The van der Waals surface area contributed by atoms with Crippen LogP contribution in [0.5, 0.6) is 0 Å². The van der Waals surface area contributed by atoms with Crippen molar-refractivity contribution in [1.82, 2.24) is 9.97 Å². The Labute approximate surface area is 149 Å². The van der Waals surface area contributed by atoms with Crippen molar-refractivity contribution < 1.29 is 0 Å². The summed E-state index contributed by atoms with van der Waals surface area (Å²) in [5.41, 5.74) is 4.84. The predicted octanol–water partition coefficient (Wildman–Crippen LogP) is 6.26. The molecule has 3 heteroatoms. The van der Waals surface area contributed by atoms with Gasteiger partial charge in [0.25, 0.3) is 0 Å². The van der Waals surface area contributed by atoms with Gasteiger partial charge in [-0.3, -0.25) is 4.98 Å². The minimum atomic E-state index is 1.13. The maximum absolute atomic E-state index is 4.33. The first kappa shape index (κ1) is 14.6. The van der Waals surface area contributed by atoms with E-state index in [0.717, 1.165) is 11.0 Å². The van der Waals surface area contributed by atoms with Crippen LogP contribution < -0.4 is 0 Å². The topological polar surface area (TPSA) is 28.7 Å². The second-order valence-corrected chi connectivity index (χ2v) is 6.99. The average molecular weight is 340 g/mol. The molecule has 3 aromatic carbocycles. The highest BCUT2D eigenvalue weighted by Gasteiger charge is 2.14. The van der Waals surface area contributed by atoms with Gasteiger partial charge in [0.1, 0.15) is 0 Å². The summed E-state index contributed by atoms with van der Waals surface area (Å²) in [6.07, 6.45) is 5.92. The van der Waals surface area contributed by atoms with Crippen LogP contribution in [0.4, 0.5) is 0 Å². The highest BCUT2D eigenvalue weighted by Crippen LogP contribution is 2.40. The van der Waals surface area contributed by atoms with Gasteiger partial charge in [-0.1, -0.05) is 42.5 Å². The van der Waals surface area contributed by atoms with E-state index in [-0.39, 0.29) is 0 Å². The minimum absolute atomic E-state index is 1.13. The number of thioether (sulfide) groups is 1. The van der Waals surface area contributed by atoms with E-state index in [4.69, 9.17) is 0 Å². The highest BCUT2D eigenvalue weighted by molar-refractivity contribution is 7.98. The van der Waals surface area contributed by atoms with Crippen LogP contribution in [0, 0.1) is 0 Å². The van der Waals surface area contributed by atoms with Crippen molar-refractivity contribution in [3.05, 3.63) is 73.1 Å². The van der Waals surface area contributed by atoms with Gasteiger partial charge in [0, 0.05) is 39.1 Å². The van der Waals surface area contributed by atoms with Crippen LogP contribution in [0.3, 0.4) is 0 Å². The number of aromatic nitrogens is 2. The number of fused-ring (bicyclic) bond motifs is 5. The zero-order valence-corrected chi connectivity index (χ0v) is 14.6. The number of hydrogen-bond acceptors (Lipinski definition) is 2. The van der Waals surface area contributed by atoms with E-state index in [1.807, 2.05) is 18.5 Å².